The van der Waals surface area contributed by atoms with Gasteiger partial charge in [0, 0.05) is 21.3 Å². The van der Waals surface area contributed by atoms with Crippen molar-refractivity contribution in [3.05, 3.63) is 46.6 Å². The fraction of sp³-hybridized carbons (Fsp3) is 0.381. The van der Waals surface area contributed by atoms with Crippen molar-refractivity contribution in [2.75, 3.05) is 18.4 Å². The summed E-state index contributed by atoms with van der Waals surface area (Å²) in [4.78, 5) is 21.2. The number of nitrogens with zero attached hydrogens (tertiary/aromatic N) is 3. The van der Waals surface area contributed by atoms with Gasteiger partial charge in [0.05, 0.1) is 12.1 Å². The van der Waals surface area contributed by atoms with Crippen LogP contribution < -0.4 is 10.1 Å². The number of carbonyl (C=O) groups excluding carboxylic acids is 1. The molecule has 1 aliphatic rings. The van der Waals surface area contributed by atoms with Crippen molar-refractivity contribution in [1.29, 1.82) is 0 Å². The van der Waals surface area contributed by atoms with E-state index in [4.69, 9.17) is 0 Å². The van der Waals surface area contributed by atoms with Gasteiger partial charge < -0.3 is 4.74 Å². The number of carbonyl (C=O) groups is 1. The van der Waals surface area contributed by atoms with Crippen molar-refractivity contribution in [3.63, 3.8) is 0 Å². The number of thiophene rings is 1. The van der Waals surface area contributed by atoms with Gasteiger partial charge in [0.1, 0.15) is 5.75 Å². The molecule has 1 aliphatic heterocycles. The van der Waals surface area contributed by atoms with Crippen LogP contribution >= 0.6 is 22.9 Å². The van der Waals surface area contributed by atoms with E-state index >= 15 is 0 Å². The molecule has 0 atom stereocenters. The second kappa shape index (κ2) is 9.80. The zero-order valence-electron chi connectivity index (χ0n) is 16.9. The van der Waals surface area contributed by atoms with E-state index in [1.165, 1.54) is 54.3 Å². The summed E-state index contributed by atoms with van der Waals surface area (Å²) in [5.74, 6) is 0.543. The lowest BCUT2D eigenvalue weighted by atomic mass is 10.1. The standard InChI is InChI=1S/C21H22F2N4O2S2/c1-13-16(11-17(30-13)14-6-5-7-15(10-14)29-20(22)23)19(28)25-21-24-18(26-31-21)12-27-8-3-2-4-9-27/h5-7,10-11,20H,2-4,8-9,12H2,1H3,(H,24,25,26,28). The first-order chi connectivity index (χ1) is 15.0. The van der Waals surface area contributed by atoms with E-state index in [-0.39, 0.29) is 11.7 Å². The number of benzene rings is 1. The zero-order valence-corrected chi connectivity index (χ0v) is 18.6. The number of aromatic nitrogens is 2. The molecule has 164 valence electrons. The van der Waals surface area contributed by atoms with E-state index in [2.05, 4.69) is 24.3 Å². The molecule has 6 nitrogen and oxygen atoms in total. The van der Waals surface area contributed by atoms with Crippen molar-refractivity contribution in [2.24, 2.45) is 0 Å². The van der Waals surface area contributed by atoms with Crippen molar-refractivity contribution in [1.82, 2.24) is 14.3 Å². The normalized spacial score (nSPS) is 14.7. The number of amides is 1. The summed E-state index contributed by atoms with van der Waals surface area (Å²) in [6.07, 6.45) is 3.67. The maximum atomic E-state index is 12.8. The van der Waals surface area contributed by atoms with Crippen LogP contribution in [0, 0.1) is 6.92 Å². The fourth-order valence-electron chi connectivity index (χ4n) is 3.53. The second-order valence-corrected chi connectivity index (χ2v) is 9.30. The molecule has 31 heavy (non-hydrogen) atoms. The third kappa shape index (κ3) is 5.63. The van der Waals surface area contributed by atoms with Gasteiger partial charge in [-0.15, -0.1) is 11.3 Å². The van der Waals surface area contributed by atoms with Crippen molar-refractivity contribution >= 4 is 33.9 Å². The minimum absolute atomic E-state index is 0.0830. The number of hydrogen-bond acceptors (Lipinski definition) is 7. The summed E-state index contributed by atoms with van der Waals surface area (Å²) in [6.45, 7) is 1.78. The van der Waals surface area contributed by atoms with E-state index in [1.807, 2.05) is 6.92 Å². The number of alkyl halides is 2. The number of halogens is 2. The maximum absolute atomic E-state index is 12.8. The van der Waals surface area contributed by atoms with Gasteiger partial charge in [-0.3, -0.25) is 15.0 Å². The van der Waals surface area contributed by atoms with E-state index in [0.29, 0.717) is 22.8 Å². The highest BCUT2D eigenvalue weighted by Crippen LogP contribution is 2.33. The van der Waals surface area contributed by atoms with Crippen LogP contribution in [0.2, 0.25) is 0 Å². The first-order valence-corrected chi connectivity index (χ1v) is 11.6. The van der Waals surface area contributed by atoms with Gasteiger partial charge in [0.15, 0.2) is 5.82 Å². The minimum atomic E-state index is -2.88. The number of hydrogen-bond donors (Lipinski definition) is 1. The van der Waals surface area contributed by atoms with Gasteiger partial charge in [0.25, 0.3) is 5.91 Å². The number of rotatable bonds is 7. The molecular weight excluding hydrogens is 442 g/mol. The predicted octanol–water partition coefficient (Wildman–Crippen LogP) is 5.41. The average molecular weight is 465 g/mol. The number of piperidine rings is 1. The highest BCUT2D eigenvalue weighted by Gasteiger charge is 2.18. The number of likely N-dealkylation sites (tertiary alicyclic amines) is 1. The predicted molar refractivity (Wildman–Crippen MR) is 118 cm³/mol. The fourth-order valence-corrected chi connectivity index (χ4v) is 5.11. The van der Waals surface area contributed by atoms with E-state index in [9.17, 15) is 13.6 Å². The quantitative estimate of drug-likeness (QED) is 0.506. The summed E-state index contributed by atoms with van der Waals surface area (Å²) >= 11 is 2.59. The lowest BCUT2D eigenvalue weighted by Crippen LogP contribution is -2.29. The lowest BCUT2D eigenvalue weighted by Gasteiger charge is -2.24. The molecule has 1 N–H and O–H groups in total. The highest BCUT2D eigenvalue weighted by molar-refractivity contribution is 7.15. The Bertz CT molecular complexity index is 1050. The van der Waals surface area contributed by atoms with Crippen LogP contribution in [-0.4, -0.2) is 39.9 Å². The Morgan fingerprint density at radius 2 is 2.06 bits per heavy atom. The molecule has 1 fully saturated rings. The Morgan fingerprint density at radius 1 is 1.26 bits per heavy atom. The first-order valence-electron chi connectivity index (χ1n) is 10.00. The maximum Gasteiger partial charge on any atom is 0.387 e. The largest absolute Gasteiger partial charge is 0.435 e. The minimum Gasteiger partial charge on any atom is -0.435 e. The molecular formula is C21H22F2N4O2S2. The van der Waals surface area contributed by atoms with Crippen molar-refractivity contribution in [3.8, 4) is 16.2 Å². The van der Waals surface area contributed by atoms with Crippen LogP contribution in [0.1, 0.15) is 40.3 Å². The molecule has 1 saturated heterocycles. The monoisotopic (exact) mass is 464 g/mol. The summed E-state index contributed by atoms with van der Waals surface area (Å²) < 4.78 is 33.8. The van der Waals surface area contributed by atoms with E-state index in [1.54, 1.807) is 18.2 Å². The molecule has 1 aromatic carbocycles. The Balaban J connectivity index is 1.43. The number of aryl methyl sites for hydroxylation is 1. The zero-order chi connectivity index (χ0) is 21.8. The van der Waals surface area contributed by atoms with Gasteiger partial charge in [-0.05, 0) is 56.6 Å². The average Bonchev–Trinajstić information content (AvgIpc) is 3.35. The summed E-state index contributed by atoms with van der Waals surface area (Å²) in [6, 6.07) is 8.21. The summed E-state index contributed by atoms with van der Waals surface area (Å²) in [5, 5.41) is 3.30. The van der Waals surface area contributed by atoms with Crippen LogP contribution in [0.15, 0.2) is 30.3 Å². The third-order valence-corrected chi connectivity index (χ3v) is 6.78. The molecule has 0 spiro atoms. The van der Waals surface area contributed by atoms with Gasteiger partial charge in [-0.2, -0.15) is 13.2 Å². The van der Waals surface area contributed by atoms with Crippen LogP contribution in [0.4, 0.5) is 13.9 Å². The SMILES string of the molecule is Cc1sc(-c2cccc(OC(F)F)c2)cc1C(=O)Nc1nc(CN2CCCCC2)ns1. The summed E-state index contributed by atoms with van der Waals surface area (Å²) in [7, 11) is 0. The molecule has 0 saturated carbocycles. The molecule has 0 unspecified atom stereocenters. The van der Waals surface area contributed by atoms with Gasteiger partial charge in [-0.25, -0.2) is 4.98 Å². The molecule has 3 aromatic rings. The number of ether oxygens (including phenoxy) is 1. The number of anilines is 1. The van der Waals surface area contributed by atoms with Gasteiger partial charge in [0.2, 0.25) is 5.13 Å². The molecule has 4 rings (SSSR count). The van der Waals surface area contributed by atoms with Crippen LogP contribution in [0.3, 0.4) is 0 Å². The van der Waals surface area contributed by atoms with E-state index < -0.39 is 6.61 Å². The van der Waals surface area contributed by atoms with E-state index in [0.717, 1.165) is 28.7 Å². The molecule has 3 heterocycles. The third-order valence-electron chi connectivity index (χ3n) is 5.01. The van der Waals surface area contributed by atoms with Gasteiger partial charge in [-0.1, -0.05) is 18.6 Å². The Kier molecular flexibility index (Phi) is 6.89. The van der Waals surface area contributed by atoms with Crippen LogP contribution in [0.5, 0.6) is 5.75 Å². The van der Waals surface area contributed by atoms with Crippen molar-refractivity contribution in [2.45, 2.75) is 39.3 Å². The smallest absolute Gasteiger partial charge is 0.387 e. The molecule has 10 heteroatoms. The lowest BCUT2D eigenvalue weighted by molar-refractivity contribution is -0.0498. The highest BCUT2D eigenvalue weighted by atomic mass is 32.1. The van der Waals surface area contributed by atoms with Crippen molar-refractivity contribution < 1.29 is 18.3 Å². The van der Waals surface area contributed by atoms with Gasteiger partial charge >= 0.3 is 6.61 Å². The second-order valence-electron chi connectivity index (χ2n) is 7.29. The molecule has 0 bridgehead atoms. The Labute approximate surface area is 187 Å². The summed E-state index contributed by atoms with van der Waals surface area (Å²) in [5.41, 5.74) is 1.23. The Hall–Kier alpha value is -2.43. The molecule has 1 amide bonds. The van der Waals surface area contributed by atoms with Crippen LogP contribution in [-0.2, 0) is 6.54 Å². The first kappa shape index (κ1) is 21.8. The number of nitrogens with one attached hydrogen (secondary N) is 1. The molecule has 0 radical (unpaired) electrons. The molecule has 0 aliphatic carbocycles. The van der Waals surface area contributed by atoms with Crippen LogP contribution in [0.25, 0.3) is 10.4 Å². The molecule has 2 aromatic heterocycles. The topological polar surface area (TPSA) is 67.3 Å². The Morgan fingerprint density at radius 3 is 2.84 bits per heavy atom.